The van der Waals surface area contributed by atoms with Gasteiger partial charge in [0.1, 0.15) is 6.04 Å². The van der Waals surface area contributed by atoms with Gasteiger partial charge in [-0.3, -0.25) is 4.79 Å². The Morgan fingerprint density at radius 1 is 1.13 bits per heavy atom. The van der Waals surface area contributed by atoms with Crippen molar-refractivity contribution < 1.29 is 9.21 Å². The predicted molar refractivity (Wildman–Crippen MR) is 222 cm³/mol. The number of nitrogens with zero attached hydrogens (tertiary/aromatic N) is 4. The summed E-state index contributed by atoms with van der Waals surface area (Å²) in [5, 5.41) is 28.4. The predicted octanol–water partition coefficient (Wildman–Crippen LogP) is 9.13. The van der Waals surface area contributed by atoms with Crippen molar-refractivity contribution in [3.05, 3.63) is 95.4 Å². The average molecular weight is 730 g/mol. The second-order valence-electron chi connectivity index (χ2n) is 13.9. The number of nitriles is 1. The number of allylic oxidation sites excluding steroid dienone is 3. The van der Waals surface area contributed by atoms with Crippen LogP contribution < -0.4 is 16.0 Å². The Balaban J connectivity index is 0.00000188. The highest BCUT2D eigenvalue weighted by molar-refractivity contribution is 5.94. The highest BCUT2D eigenvalue weighted by Gasteiger charge is 2.44. The molecule has 1 aliphatic heterocycles. The molecular weight excluding hydrogens is 659 g/mol. The molecule has 1 fully saturated rings. The summed E-state index contributed by atoms with van der Waals surface area (Å²) in [7, 11) is 3.65. The number of benzene rings is 1. The van der Waals surface area contributed by atoms with E-state index in [1.54, 1.807) is 7.05 Å². The first-order chi connectivity index (χ1) is 25.5. The van der Waals surface area contributed by atoms with Gasteiger partial charge in [-0.25, -0.2) is 0 Å². The Morgan fingerprint density at radius 2 is 1.83 bits per heavy atom. The first-order valence-corrected chi connectivity index (χ1v) is 19.8. The quantitative estimate of drug-likeness (QED) is 0.123. The summed E-state index contributed by atoms with van der Waals surface area (Å²) in [6, 6.07) is 8.46. The first kappa shape index (κ1) is 47.0. The van der Waals surface area contributed by atoms with E-state index in [1.165, 1.54) is 23.1 Å². The first-order valence-electron chi connectivity index (χ1n) is 19.8. The number of likely N-dealkylation sites (tertiary alicyclic amines) is 1. The van der Waals surface area contributed by atoms with Gasteiger partial charge in [0.25, 0.3) is 5.91 Å². The second-order valence-corrected chi connectivity index (χ2v) is 13.9. The molecule has 0 spiro atoms. The van der Waals surface area contributed by atoms with Gasteiger partial charge in [-0.05, 0) is 115 Å². The number of aromatic nitrogens is 2. The molecule has 2 aliphatic rings. The van der Waals surface area contributed by atoms with Crippen LogP contribution in [0.2, 0.25) is 0 Å². The van der Waals surface area contributed by atoms with E-state index in [1.807, 2.05) is 40.0 Å². The fraction of sp³-hybridized carbons (Fsp3) is 0.591. The molecule has 0 saturated carbocycles. The van der Waals surface area contributed by atoms with Crippen LogP contribution in [-0.2, 0) is 11.8 Å². The van der Waals surface area contributed by atoms with E-state index >= 15 is 0 Å². The largest absolute Gasteiger partial charge is 0.425 e. The highest BCUT2D eigenvalue weighted by atomic mass is 16.4. The monoisotopic (exact) mass is 730 g/mol. The lowest BCUT2D eigenvalue weighted by molar-refractivity contribution is 0.0963. The van der Waals surface area contributed by atoms with Gasteiger partial charge in [0.2, 0.25) is 11.8 Å². The molecular formula is C44H71N7O2. The third kappa shape index (κ3) is 13.7. The van der Waals surface area contributed by atoms with Gasteiger partial charge in [-0.15, -0.1) is 23.4 Å². The minimum Gasteiger partial charge on any atom is -0.425 e. The van der Waals surface area contributed by atoms with Crippen LogP contribution in [0.5, 0.6) is 0 Å². The lowest BCUT2D eigenvalue weighted by Gasteiger charge is -2.38. The van der Waals surface area contributed by atoms with E-state index in [0.717, 1.165) is 87.7 Å². The molecule has 2 heterocycles. The summed E-state index contributed by atoms with van der Waals surface area (Å²) < 4.78 is 6.35. The lowest BCUT2D eigenvalue weighted by Crippen LogP contribution is -2.41. The maximum atomic E-state index is 12.7. The van der Waals surface area contributed by atoms with Crippen LogP contribution in [0.1, 0.15) is 139 Å². The zero-order valence-corrected chi connectivity index (χ0v) is 34.7. The summed E-state index contributed by atoms with van der Waals surface area (Å²) >= 11 is 0. The Labute approximate surface area is 322 Å². The maximum Gasteiger partial charge on any atom is 0.251 e. The van der Waals surface area contributed by atoms with Crippen molar-refractivity contribution in [2.45, 2.75) is 137 Å². The minimum absolute atomic E-state index is 0.0519. The van der Waals surface area contributed by atoms with Crippen molar-refractivity contribution in [2.75, 3.05) is 33.7 Å². The SMILES string of the molecule is C=C.C=C(CCCNC)CC/C1=C(\C)CCc2cc(C(=O)NC)ccc2C(C[C@@H](C)NCC(=C)N2CCCC2C#N)(c2nnc(C)o2)C1.CC.CCC. The van der Waals surface area contributed by atoms with E-state index in [-0.39, 0.29) is 18.0 Å². The number of aryl methyl sites for hydroxylation is 2. The fourth-order valence-corrected chi connectivity index (χ4v) is 7.15. The molecule has 4 rings (SSSR count). The smallest absolute Gasteiger partial charge is 0.251 e. The molecule has 1 aromatic heterocycles. The van der Waals surface area contributed by atoms with Crippen molar-refractivity contribution in [1.29, 1.82) is 5.26 Å². The standard InChI is InChI=1S/C37H53N7O2.C3H8.C2H6.C2H4/c1-25(10-8-18-39-6)12-14-32-22-37(36-43-42-29(5)46-36,21-27(3)41-24-28(4)44-19-9-11-33(44)23-38)34-17-16-31(35(45)40-7)20-30(34)15-13-26(32)2;1-3-2;2*1-2/h16-17,20,27,33,39,41H,1,4,8-15,18-19,21-22,24H2,2-3,5-7H3,(H,40,45);3H2,1-2H3;1-2H3;1-2H2/b32-26-;;;/t27-,33?,37?;;;/m1.../s1. The molecule has 1 amide bonds. The van der Waals surface area contributed by atoms with E-state index in [9.17, 15) is 10.1 Å². The number of carbonyl (C=O) groups excluding carboxylic acids is 1. The van der Waals surface area contributed by atoms with E-state index in [2.05, 4.69) is 97.2 Å². The Morgan fingerprint density at radius 3 is 2.43 bits per heavy atom. The molecule has 53 heavy (non-hydrogen) atoms. The van der Waals surface area contributed by atoms with Crippen LogP contribution in [0.3, 0.4) is 0 Å². The van der Waals surface area contributed by atoms with Crippen LogP contribution in [0.15, 0.2) is 71.3 Å². The number of hydrogen-bond acceptors (Lipinski definition) is 8. The molecule has 9 nitrogen and oxygen atoms in total. The van der Waals surface area contributed by atoms with Crippen molar-refractivity contribution >= 4 is 5.91 Å². The van der Waals surface area contributed by atoms with Crippen LogP contribution in [0, 0.1) is 18.3 Å². The lowest BCUT2D eigenvalue weighted by atomic mass is 9.66. The summed E-state index contributed by atoms with van der Waals surface area (Å²) in [6.45, 7) is 31.7. The fourth-order valence-electron chi connectivity index (χ4n) is 7.15. The van der Waals surface area contributed by atoms with Crippen molar-refractivity contribution in [2.24, 2.45) is 0 Å². The molecule has 2 unspecified atom stereocenters. The molecule has 9 heteroatoms. The van der Waals surface area contributed by atoms with Gasteiger partial charge in [0.15, 0.2) is 0 Å². The normalized spacial score (nSPS) is 19.6. The van der Waals surface area contributed by atoms with Gasteiger partial charge in [-0.1, -0.05) is 70.1 Å². The van der Waals surface area contributed by atoms with E-state index in [0.29, 0.717) is 30.3 Å². The minimum atomic E-state index is -0.612. The molecule has 1 saturated heterocycles. The van der Waals surface area contributed by atoms with Gasteiger partial charge in [0.05, 0.1) is 11.5 Å². The zero-order valence-electron chi connectivity index (χ0n) is 34.7. The van der Waals surface area contributed by atoms with Crippen LogP contribution >= 0.6 is 0 Å². The van der Waals surface area contributed by atoms with Crippen LogP contribution in [0.4, 0.5) is 0 Å². The van der Waals surface area contributed by atoms with E-state index < -0.39 is 5.41 Å². The Bertz CT molecular complexity index is 1500. The number of fused-ring (bicyclic) bond motifs is 1. The molecule has 0 radical (unpaired) electrons. The number of nitrogens with one attached hydrogen (secondary N) is 3. The molecule has 1 aromatic carbocycles. The Hall–Kier alpha value is -4.00. The molecule has 3 atom stereocenters. The molecule has 0 bridgehead atoms. The summed E-state index contributed by atoms with van der Waals surface area (Å²) in [5.74, 6) is 1.04. The van der Waals surface area contributed by atoms with Gasteiger partial charge in [0, 0.05) is 44.4 Å². The van der Waals surface area contributed by atoms with Crippen LogP contribution in [-0.4, -0.2) is 66.8 Å². The molecule has 294 valence electrons. The van der Waals surface area contributed by atoms with Crippen LogP contribution in [0.25, 0.3) is 0 Å². The topological polar surface area (TPSA) is 119 Å². The summed E-state index contributed by atoms with van der Waals surface area (Å²) in [6.07, 6.45) is 10.3. The number of amides is 1. The summed E-state index contributed by atoms with van der Waals surface area (Å²) in [5.41, 5.74) is 7.33. The van der Waals surface area contributed by atoms with Gasteiger partial charge in [-0.2, -0.15) is 5.26 Å². The highest BCUT2D eigenvalue weighted by Crippen LogP contribution is 2.47. The number of hydrogen-bond donors (Lipinski definition) is 3. The third-order valence-corrected chi connectivity index (χ3v) is 9.79. The average Bonchev–Trinajstić information content (AvgIpc) is 3.84. The van der Waals surface area contributed by atoms with Crippen molar-refractivity contribution in [3.8, 4) is 6.07 Å². The molecule has 3 N–H and O–H groups in total. The number of carbonyl (C=O) groups is 1. The van der Waals surface area contributed by atoms with Crippen molar-refractivity contribution in [3.63, 3.8) is 0 Å². The third-order valence-electron chi connectivity index (χ3n) is 9.79. The number of rotatable bonds is 15. The van der Waals surface area contributed by atoms with Crippen molar-refractivity contribution in [1.82, 2.24) is 31.0 Å². The van der Waals surface area contributed by atoms with Gasteiger partial charge >= 0.3 is 0 Å². The second kappa shape index (κ2) is 25.1. The maximum absolute atomic E-state index is 12.7. The van der Waals surface area contributed by atoms with Gasteiger partial charge < -0.3 is 25.3 Å². The summed E-state index contributed by atoms with van der Waals surface area (Å²) in [4.78, 5) is 14.8. The Kier molecular flexibility index (Phi) is 22.3. The molecule has 2 aromatic rings. The zero-order chi connectivity index (χ0) is 40.0. The van der Waals surface area contributed by atoms with E-state index in [4.69, 9.17) is 4.42 Å². The molecule has 1 aliphatic carbocycles.